The summed E-state index contributed by atoms with van der Waals surface area (Å²) < 4.78 is 0. The number of hydrogen-bond acceptors (Lipinski definition) is 0. The minimum absolute atomic E-state index is 0.590. The Morgan fingerprint density at radius 2 is 1.29 bits per heavy atom. The molecule has 0 radical (unpaired) electrons. The van der Waals surface area contributed by atoms with Crippen molar-refractivity contribution in [2.24, 2.45) is 0 Å². The van der Waals surface area contributed by atoms with E-state index in [2.05, 4.69) is 115 Å². The van der Waals surface area contributed by atoms with Crippen molar-refractivity contribution >= 4 is 34.2 Å². The predicted molar refractivity (Wildman–Crippen MR) is 152 cm³/mol. The van der Waals surface area contributed by atoms with Crippen LogP contribution >= 0.6 is 15.9 Å². The lowest BCUT2D eigenvalue weighted by atomic mass is 9.91. The van der Waals surface area contributed by atoms with Gasteiger partial charge in [0.25, 0.3) is 0 Å². The molecule has 6 rings (SSSR count). The van der Waals surface area contributed by atoms with Gasteiger partial charge in [-0.05, 0) is 90.5 Å². The van der Waals surface area contributed by atoms with Crippen LogP contribution in [-0.4, -0.2) is 5.33 Å². The molecule has 0 heterocycles. The van der Waals surface area contributed by atoms with Crippen molar-refractivity contribution in [3.8, 4) is 0 Å². The van der Waals surface area contributed by atoms with Crippen LogP contribution in [0.1, 0.15) is 70.7 Å². The third-order valence-corrected chi connectivity index (χ3v) is 7.72. The van der Waals surface area contributed by atoms with Crippen molar-refractivity contribution in [1.29, 1.82) is 0 Å². The molecule has 0 saturated heterocycles. The summed E-state index contributed by atoms with van der Waals surface area (Å²) in [7, 11) is 0. The topological polar surface area (TPSA) is 0 Å². The van der Waals surface area contributed by atoms with E-state index in [4.69, 9.17) is 0 Å². The van der Waals surface area contributed by atoms with E-state index in [-0.39, 0.29) is 0 Å². The fourth-order valence-electron chi connectivity index (χ4n) is 5.66. The Kier molecular flexibility index (Phi) is 7.02. The summed E-state index contributed by atoms with van der Waals surface area (Å²) in [6.07, 6.45) is 15.1. The van der Waals surface area contributed by atoms with Gasteiger partial charge in [-0.1, -0.05) is 112 Å². The first-order chi connectivity index (χ1) is 16.6. The summed E-state index contributed by atoms with van der Waals surface area (Å²) in [6.45, 7) is 4.44. The van der Waals surface area contributed by atoms with Crippen LogP contribution in [0.25, 0.3) is 18.2 Å². The van der Waals surface area contributed by atoms with E-state index in [1.165, 1.54) is 51.8 Å². The summed E-state index contributed by atoms with van der Waals surface area (Å²) in [5.74, 6) is 0.590. The smallest absolute Gasteiger partial charge is 0.00719 e. The molecule has 3 aromatic carbocycles. The Balaban J connectivity index is 0.000000159. The van der Waals surface area contributed by atoms with Crippen LogP contribution in [0.15, 0.2) is 77.9 Å². The average molecular weight is 510 g/mol. The average Bonchev–Trinajstić information content (AvgIpc) is 3.54. The Labute approximate surface area is 213 Å². The maximum atomic E-state index is 3.49. The first-order valence-electron chi connectivity index (χ1n) is 12.5. The predicted octanol–water partition coefficient (Wildman–Crippen LogP) is 8.97. The lowest BCUT2D eigenvalue weighted by Gasteiger charge is -2.13. The van der Waals surface area contributed by atoms with E-state index in [9.17, 15) is 0 Å². The highest BCUT2D eigenvalue weighted by atomic mass is 79.9. The van der Waals surface area contributed by atoms with Gasteiger partial charge in [-0.3, -0.25) is 0 Å². The van der Waals surface area contributed by atoms with Crippen molar-refractivity contribution in [3.63, 3.8) is 0 Å². The number of rotatable bonds is 5. The molecule has 0 N–H and O–H groups in total. The second-order valence-corrected chi connectivity index (χ2v) is 10.7. The number of aryl methyl sites for hydroxylation is 2. The summed E-state index contributed by atoms with van der Waals surface area (Å²) in [5.41, 5.74) is 14.9. The highest BCUT2D eigenvalue weighted by Crippen LogP contribution is 2.35. The molecule has 34 heavy (non-hydrogen) atoms. The van der Waals surface area contributed by atoms with Gasteiger partial charge < -0.3 is 0 Å². The van der Waals surface area contributed by atoms with Crippen LogP contribution in [0, 0.1) is 0 Å². The maximum Gasteiger partial charge on any atom is 0.00719 e. The van der Waals surface area contributed by atoms with Crippen LogP contribution in [0.2, 0.25) is 0 Å². The van der Waals surface area contributed by atoms with E-state index in [1.807, 2.05) is 0 Å². The lowest BCUT2D eigenvalue weighted by Crippen LogP contribution is -1.99. The molecule has 1 atom stereocenters. The van der Waals surface area contributed by atoms with Crippen molar-refractivity contribution in [2.75, 3.05) is 5.33 Å². The molecule has 3 aliphatic carbocycles. The molecule has 0 saturated carbocycles. The normalized spacial score (nSPS) is 16.9. The third kappa shape index (κ3) is 4.91. The number of halogens is 1. The van der Waals surface area contributed by atoms with Gasteiger partial charge in [-0.15, -0.1) is 0 Å². The SMILES string of the molecule is CC1=Cc2cccc(CCBr)c2C1.CC1=Cc2cccc(CCC3C=Cc4ccccc43)c2C1. The fraction of sp³-hybridized carbons (Fsp3) is 0.273. The molecular formula is C33H33Br. The van der Waals surface area contributed by atoms with Crippen LogP contribution in [0.5, 0.6) is 0 Å². The van der Waals surface area contributed by atoms with E-state index >= 15 is 0 Å². The van der Waals surface area contributed by atoms with Gasteiger partial charge in [0.05, 0.1) is 0 Å². The Hall–Kier alpha value is -2.64. The molecule has 3 aliphatic rings. The van der Waals surface area contributed by atoms with Crippen molar-refractivity contribution in [2.45, 2.75) is 51.9 Å². The molecule has 0 nitrogen and oxygen atoms in total. The summed E-state index contributed by atoms with van der Waals surface area (Å²) >= 11 is 3.49. The van der Waals surface area contributed by atoms with Crippen molar-refractivity contribution in [3.05, 3.63) is 122 Å². The Morgan fingerprint density at radius 1 is 0.706 bits per heavy atom. The molecule has 3 aromatic rings. The Bertz CT molecular complexity index is 1290. The molecule has 0 spiro atoms. The molecule has 0 fully saturated rings. The molecule has 172 valence electrons. The van der Waals surface area contributed by atoms with E-state index in [1.54, 1.807) is 16.7 Å². The van der Waals surface area contributed by atoms with Crippen molar-refractivity contribution < 1.29 is 0 Å². The zero-order chi connectivity index (χ0) is 23.5. The monoisotopic (exact) mass is 508 g/mol. The Morgan fingerprint density at radius 3 is 1.94 bits per heavy atom. The molecular weight excluding hydrogens is 476 g/mol. The number of fused-ring (bicyclic) bond motifs is 3. The fourth-order valence-corrected chi connectivity index (χ4v) is 6.09. The standard InChI is InChI=1S/C21H20.C12H13Br/c1-15-13-19-7-4-6-17(21(19)14-15)10-12-18-11-9-16-5-2-3-8-20(16)18;1-9-7-11-4-2-3-10(5-6-13)12(11)8-9/h2-9,11,13,18H,10,12,14H2,1H3;2-4,7H,5-6,8H2,1H3. The summed E-state index contributed by atoms with van der Waals surface area (Å²) in [5, 5.41) is 1.06. The van der Waals surface area contributed by atoms with Crippen LogP contribution in [-0.2, 0) is 25.7 Å². The van der Waals surface area contributed by atoms with Crippen molar-refractivity contribution in [1.82, 2.24) is 0 Å². The molecule has 0 aromatic heterocycles. The summed E-state index contributed by atoms with van der Waals surface area (Å²) in [4.78, 5) is 0. The highest BCUT2D eigenvalue weighted by Gasteiger charge is 2.18. The largest absolute Gasteiger partial charge is 0.0924 e. The second-order valence-electron chi connectivity index (χ2n) is 9.88. The third-order valence-electron chi connectivity index (χ3n) is 7.33. The van der Waals surface area contributed by atoms with E-state index < -0.39 is 0 Å². The number of alkyl halides is 1. The molecule has 0 bridgehead atoms. The van der Waals surface area contributed by atoms with Crippen LogP contribution in [0.3, 0.4) is 0 Å². The van der Waals surface area contributed by atoms with Gasteiger partial charge in [0.15, 0.2) is 0 Å². The number of allylic oxidation sites excluding steroid dienone is 3. The lowest BCUT2D eigenvalue weighted by molar-refractivity contribution is 0.741. The van der Waals surface area contributed by atoms with Gasteiger partial charge in [0.2, 0.25) is 0 Å². The number of hydrogen-bond donors (Lipinski definition) is 0. The molecule has 0 aliphatic heterocycles. The molecule has 1 unspecified atom stereocenters. The van der Waals surface area contributed by atoms with E-state index in [0.717, 1.165) is 24.6 Å². The van der Waals surface area contributed by atoms with Gasteiger partial charge in [0.1, 0.15) is 0 Å². The maximum absolute atomic E-state index is 3.49. The van der Waals surface area contributed by atoms with Gasteiger partial charge >= 0.3 is 0 Å². The van der Waals surface area contributed by atoms with E-state index in [0.29, 0.717) is 5.92 Å². The zero-order valence-corrected chi connectivity index (χ0v) is 21.9. The number of benzene rings is 3. The van der Waals surface area contributed by atoms with Gasteiger partial charge in [0, 0.05) is 11.2 Å². The quantitative estimate of drug-likeness (QED) is 0.301. The van der Waals surface area contributed by atoms with Crippen LogP contribution in [0.4, 0.5) is 0 Å². The van der Waals surface area contributed by atoms with Crippen LogP contribution < -0.4 is 0 Å². The minimum Gasteiger partial charge on any atom is -0.0924 e. The van der Waals surface area contributed by atoms with Gasteiger partial charge in [-0.2, -0.15) is 0 Å². The second kappa shape index (κ2) is 10.3. The first kappa shape index (κ1) is 23.1. The molecule has 1 heteroatoms. The molecule has 0 amide bonds. The first-order valence-corrected chi connectivity index (χ1v) is 13.6. The van der Waals surface area contributed by atoms with Gasteiger partial charge in [-0.25, -0.2) is 0 Å². The minimum atomic E-state index is 0.590. The highest BCUT2D eigenvalue weighted by molar-refractivity contribution is 9.09. The summed E-state index contributed by atoms with van der Waals surface area (Å²) in [6, 6.07) is 22.2. The zero-order valence-electron chi connectivity index (χ0n) is 20.3.